The van der Waals surface area contributed by atoms with E-state index in [0.29, 0.717) is 18.7 Å². The van der Waals surface area contributed by atoms with Crippen molar-refractivity contribution in [1.82, 2.24) is 10.3 Å². The molecule has 0 radical (unpaired) electrons. The first-order chi connectivity index (χ1) is 9.97. The lowest BCUT2D eigenvalue weighted by molar-refractivity contribution is 0.0695. The van der Waals surface area contributed by atoms with E-state index >= 15 is 0 Å². The maximum atomic E-state index is 12.3. The van der Waals surface area contributed by atoms with Crippen LogP contribution in [0.5, 0.6) is 0 Å². The second kappa shape index (κ2) is 8.62. The summed E-state index contributed by atoms with van der Waals surface area (Å²) in [5.41, 5.74) is 1.55. The number of aromatic nitrogens is 1. The third kappa shape index (κ3) is 5.71. The molecule has 0 aliphatic rings. The summed E-state index contributed by atoms with van der Waals surface area (Å²) in [4.78, 5) is 16.8. The van der Waals surface area contributed by atoms with E-state index in [9.17, 15) is 4.79 Å². The second-order valence-electron chi connectivity index (χ2n) is 5.33. The summed E-state index contributed by atoms with van der Waals surface area (Å²) in [5, 5.41) is 6.07. The summed E-state index contributed by atoms with van der Waals surface area (Å²) in [6.45, 7) is 12.0. The van der Waals surface area contributed by atoms with Gasteiger partial charge >= 0.3 is 0 Å². The Balaban J connectivity index is 2.82. The Morgan fingerprint density at radius 1 is 1.29 bits per heavy atom. The van der Waals surface area contributed by atoms with Gasteiger partial charge in [0.05, 0.1) is 6.10 Å². The lowest BCUT2D eigenvalue weighted by Gasteiger charge is -2.14. The van der Waals surface area contributed by atoms with Gasteiger partial charge in [0.25, 0.3) is 5.91 Å². The number of rotatable bonds is 8. The molecule has 5 nitrogen and oxygen atoms in total. The highest BCUT2D eigenvalue weighted by Gasteiger charge is 2.12. The Labute approximate surface area is 127 Å². The monoisotopic (exact) mass is 293 g/mol. The van der Waals surface area contributed by atoms with Crippen LogP contribution in [-0.4, -0.2) is 36.7 Å². The molecule has 1 unspecified atom stereocenters. The average molecular weight is 293 g/mol. The summed E-state index contributed by atoms with van der Waals surface area (Å²) in [5.74, 6) is 0.925. The smallest absolute Gasteiger partial charge is 0.251 e. The van der Waals surface area contributed by atoms with Crippen molar-refractivity contribution in [2.75, 3.05) is 25.0 Å². The van der Waals surface area contributed by atoms with Crippen LogP contribution in [-0.2, 0) is 4.74 Å². The van der Waals surface area contributed by atoms with Crippen molar-refractivity contribution < 1.29 is 9.53 Å². The summed E-state index contributed by atoms with van der Waals surface area (Å²) in [6, 6.07) is 3.64. The summed E-state index contributed by atoms with van der Waals surface area (Å²) < 4.78 is 5.41. The predicted octanol–water partition coefficient (Wildman–Crippen LogP) is 2.79. The Bertz CT molecular complexity index is 461. The zero-order valence-corrected chi connectivity index (χ0v) is 13.7. The van der Waals surface area contributed by atoms with E-state index in [2.05, 4.69) is 29.5 Å². The number of carbonyl (C=O) groups is 1. The molecule has 0 spiro atoms. The lowest BCUT2D eigenvalue weighted by atomic mass is 10.1. The van der Waals surface area contributed by atoms with Crippen molar-refractivity contribution in [3.8, 4) is 0 Å². The van der Waals surface area contributed by atoms with Crippen LogP contribution in [0.4, 0.5) is 5.82 Å². The van der Waals surface area contributed by atoms with Crippen LogP contribution in [0.1, 0.15) is 56.6 Å². The van der Waals surface area contributed by atoms with Gasteiger partial charge in [-0.2, -0.15) is 0 Å². The van der Waals surface area contributed by atoms with E-state index < -0.39 is 0 Å². The van der Waals surface area contributed by atoms with Gasteiger partial charge in [-0.25, -0.2) is 4.98 Å². The number of nitrogens with one attached hydrogen (secondary N) is 2. The molecule has 1 rings (SSSR count). The number of carbonyl (C=O) groups excluding carboxylic acids is 1. The van der Waals surface area contributed by atoms with Gasteiger partial charge in [-0.1, -0.05) is 13.8 Å². The second-order valence-corrected chi connectivity index (χ2v) is 5.33. The van der Waals surface area contributed by atoms with Crippen LogP contribution in [0.3, 0.4) is 0 Å². The van der Waals surface area contributed by atoms with Gasteiger partial charge in [-0.15, -0.1) is 0 Å². The summed E-state index contributed by atoms with van der Waals surface area (Å²) >= 11 is 0. The maximum Gasteiger partial charge on any atom is 0.251 e. The highest BCUT2D eigenvalue weighted by atomic mass is 16.5. The number of amides is 1. The van der Waals surface area contributed by atoms with Gasteiger partial charge in [0.15, 0.2) is 0 Å². The van der Waals surface area contributed by atoms with Crippen LogP contribution >= 0.6 is 0 Å². The molecule has 5 heteroatoms. The van der Waals surface area contributed by atoms with Gasteiger partial charge in [-0.05, 0) is 38.8 Å². The minimum atomic E-state index is -0.0926. The Hall–Kier alpha value is -1.62. The lowest BCUT2D eigenvalue weighted by Crippen LogP contribution is -2.32. The van der Waals surface area contributed by atoms with E-state index in [4.69, 9.17) is 4.74 Å². The quantitative estimate of drug-likeness (QED) is 0.773. The van der Waals surface area contributed by atoms with Crippen molar-refractivity contribution in [3.05, 3.63) is 23.4 Å². The fourth-order valence-corrected chi connectivity index (χ4v) is 1.93. The SMILES string of the molecule is CCNc1cc(C(=O)NCC(C)OCC)cc(C(C)C)n1. The Morgan fingerprint density at radius 3 is 2.57 bits per heavy atom. The molecule has 2 N–H and O–H groups in total. The Kier molecular flexibility index (Phi) is 7.15. The first-order valence-corrected chi connectivity index (χ1v) is 7.63. The molecule has 1 amide bonds. The zero-order chi connectivity index (χ0) is 15.8. The molecule has 1 heterocycles. The van der Waals surface area contributed by atoms with Gasteiger partial charge in [0.1, 0.15) is 5.82 Å². The van der Waals surface area contributed by atoms with Gasteiger partial charge < -0.3 is 15.4 Å². The molecular formula is C16H27N3O2. The van der Waals surface area contributed by atoms with Crippen LogP contribution in [0.15, 0.2) is 12.1 Å². The van der Waals surface area contributed by atoms with E-state index in [1.807, 2.05) is 26.8 Å². The fourth-order valence-electron chi connectivity index (χ4n) is 1.93. The normalized spacial score (nSPS) is 12.3. The molecule has 0 saturated carbocycles. The number of anilines is 1. The molecule has 1 aromatic rings. The standard InChI is InChI=1S/C16H27N3O2/c1-6-17-15-9-13(8-14(19-15)11(3)4)16(20)18-10-12(5)21-7-2/h8-9,11-12H,6-7,10H2,1-5H3,(H,17,19)(H,18,20). The van der Waals surface area contributed by atoms with Gasteiger partial charge in [0.2, 0.25) is 0 Å². The van der Waals surface area contributed by atoms with Gasteiger partial charge in [0, 0.05) is 31.0 Å². The van der Waals surface area contributed by atoms with Crippen molar-refractivity contribution in [2.24, 2.45) is 0 Å². The van der Waals surface area contributed by atoms with Crippen molar-refractivity contribution in [1.29, 1.82) is 0 Å². The molecule has 118 valence electrons. The van der Waals surface area contributed by atoms with Crippen LogP contribution < -0.4 is 10.6 Å². The van der Waals surface area contributed by atoms with Crippen LogP contribution in [0.2, 0.25) is 0 Å². The third-order valence-corrected chi connectivity index (χ3v) is 3.06. The fraction of sp³-hybridized carbons (Fsp3) is 0.625. The summed E-state index contributed by atoms with van der Waals surface area (Å²) in [6.07, 6.45) is 0.0126. The van der Waals surface area contributed by atoms with Crippen molar-refractivity contribution in [2.45, 2.75) is 46.6 Å². The molecule has 0 aliphatic heterocycles. The maximum absolute atomic E-state index is 12.3. The van der Waals surface area contributed by atoms with Crippen molar-refractivity contribution in [3.63, 3.8) is 0 Å². The van der Waals surface area contributed by atoms with Crippen LogP contribution in [0, 0.1) is 0 Å². The number of ether oxygens (including phenoxy) is 1. The minimum absolute atomic E-state index is 0.0126. The first-order valence-electron chi connectivity index (χ1n) is 7.63. The van der Waals surface area contributed by atoms with E-state index in [0.717, 1.165) is 18.1 Å². The zero-order valence-electron chi connectivity index (χ0n) is 13.7. The first kappa shape index (κ1) is 17.4. The predicted molar refractivity (Wildman–Crippen MR) is 85.9 cm³/mol. The molecule has 1 aromatic heterocycles. The number of hydrogen-bond acceptors (Lipinski definition) is 4. The average Bonchev–Trinajstić information content (AvgIpc) is 2.45. The van der Waals surface area contributed by atoms with E-state index in [1.165, 1.54) is 0 Å². The van der Waals surface area contributed by atoms with Crippen LogP contribution in [0.25, 0.3) is 0 Å². The topological polar surface area (TPSA) is 63.2 Å². The molecular weight excluding hydrogens is 266 g/mol. The van der Waals surface area contributed by atoms with E-state index in [1.54, 1.807) is 6.07 Å². The molecule has 0 saturated heterocycles. The molecule has 0 fully saturated rings. The third-order valence-electron chi connectivity index (χ3n) is 3.06. The Morgan fingerprint density at radius 2 is 2.00 bits per heavy atom. The molecule has 0 aromatic carbocycles. The van der Waals surface area contributed by atoms with Crippen molar-refractivity contribution >= 4 is 11.7 Å². The number of pyridine rings is 1. The number of hydrogen-bond donors (Lipinski definition) is 2. The highest BCUT2D eigenvalue weighted by Crippen LogP contribution is 2.17. The minimum Gasteiger partial charge on any atom is -0.377 e. The summed E-state index contributed by atoms with van der Waals surface area (Å²) in [7, 11) is 0. The molecule has 1 atom stereocenters. The highest BCUT2D eigenvalue weighted by molar-refractivity contribution is 5.95. The molecule has 0 bridgehead atoms. The largest absolute Gasteiger partial charge is 0.377 e. The van der Waals surface area contributed by atoms with Gasteiger partial charge in [-0.3, -0.25) is 4.79 Å². The number of nitrogens with zero attached hydrogens (tertiary/aromatic N) is 1. The molecule has 0 aliphatic carbocycles. The van der Waals surface area contributed by atoms with E-state index in [-0.39, 0.29) is 17.9 Å². The molecule has 21 heavy (non-hydrogen) atoms.